The summed E-state index contributed by atoms with van der Waals surface area (Å²) in [6.45, 7) is 3.38. The summed E-state index contributed by atoms with van der Waals surface area (Å²) in [6, 6.07) is 2.01. The zero-order valence-electron chi connectivity index (χ0n) is 9.78. The minimum Gasteiger partial charge on any atom is -0.368 e. The summed E-state index contributed by atoms with van der Waals surface area (Å²) < 4.78 is 1.82. The van der Waals surface area contributed by atoms with Crippen LogP contribution in [0.25, 0.3) is 0 Å². The van der Waals surface area contributed by atoms with Crippen LogP contribution in [0.5, 0.6) is 0 Å². The highest BCUT2D eigenvalue weighted by atomic mass is 32.2. The highest BCUT2D eigenvalue weighted by Crippen LogP contribution is 2.19. The lowest BCUT2D eigenvalue weighted by Crippen LogP contribution is -2.29. The summed E-state index contributed by atoms with van der Waals surface area (Å²) in [7, 11) is 1.94. The number of rotatable bonds is 5. The van der Waals surface area contributed by atoms with Gasteiger partial charge in [0, 0.05) is 36.9 Å². The van der Waals surface area contributed by atoms with Gasteiger partial charge in [0.1, 0.15) is 5.82 Å². The molecule has 90 valence electrons. The van der Waals surface area contributed by atoms with Crippen LogP contribution in [0.2, 0.25) is 0 Å². The zero-order chi connectivity index (χ0) is 11.2. The molecule has 1 aromatic rings. The summed E-state index contributed by atoms with van der Waals surface area (Å²) >= 11 is 2.09. The van der Waals surface area contributed by atoms with Crippen LogP contribution in [0, 0.1) is 0 Å². The molecule has 0 aromatic carbocycles. The molecule has 0 saturated carbocycles. The Labute approximate surface area is 101 Å². The fourth-order valence-electron chi connectivity index (χ4n) is 1.88. The van der Waals surface area contributed by atoms with Crippen molar-refractivity contribution < 1.29 is 0 Å². The molecule has 1 aromatic heterocycles. The van der Waals surface area contributed by atoms with Crippen LogP contribution in [0.1, 0.15) is 12.8 Å². The van der Waals surface area contributed by atoms with E-state index in [2.05, 4.69) is 27.5 Å². The maximum atomic E-state index is 4.28. The van der Waals surface area contributed by atoms with Gasteiger partial charge in [0.25, 0.3) is 0 Å². The largest absolute Gasteiger partial charge is 0.368 e. The zero-order valence-corrected chi connectivity index (χ0v) is 10.6. The van der Waals surface area contributed by atoms with Crippen LogP contribution in [0.3, 0.4) is 0 Å². The average molecular weight is 240 g/mol. The van der Waals surface area contributed by atoms with Gasteiger partial charge in [-0.2, -0.15) is 16.9 Å². The smallest absolute Gasteiger partial charge is 0.147 e. The molecule has 2 rings (SSSR count). The second-order valence-corrected chi connectivity index (χ2v) is 5.53. The number of thioether (sulfide) groups is 1. The predicted octanol–water partition coefficient (Wildman–Crippen LogP) is 1.32. The normalized spacial score (nSPS) is 17.6. The van der Waals surface area contributed by atoms with E-state index in [1.807, 2.05) is 24.0 Å². The number of aromatic nitrogens is 2. The third-order valence-electron chi connectivity index (χ3n) is 2.76. The molecule has 1 aliphatic rings. The van der Waals surface area contributed by atoms with Crippen LogP contribution in [-0.2, 0) is 7.05 Å². The summed E-state index contributed by atoms with van der Waals surface area (Å²) in [5, 5.41) is 11.9. The molecule has 0 atom stereocenters. The fraction of sp³-hybridized carbons (Fsp3) is 0.727. The quantitative estimate of drug-likeness (QED) is 0.762. The minimum absolute atomic E-state index is 0.854. The first-order chi connectivity index (χ1) is 7.84. The molecule has 1 saturated heterocycles. The van der Waals surface area contributed by atoms with Gasteiger partial charge in [0.15, 0.2) is 0 Å². The molecule has 2 N–H and O–H groups in total. The second-order valence-electron chi connectivity index (χ2n) is 4.12. The number of hydrogen-bond donors (Lipinski definition) is 2. The van der Waals surface area contributed by atoms with E-state index in [1.54, 1.807) is 0 Å². The predicted molar refractivity (Wildman–Crippen MR) is 70.0 cm³/mol. The molecule has 2 heterocycles. The number of piperidine rings is 1. The molecule has 0 unspecified atom stereocenters. The summed E-state index contributed by atoms with van der Waals surface area (Å²) in [5.74, 6) is 2.15. The molecule has 0 spiro atoms. The van der Waals surface area contributed by atoms with Crippen molar-refractivity contribution in [3.8, 4) is 0 Å². The van der Waals surface area contributed by atoms with Crippen molar-refractivity contribution in [1.29, 1.82) is 0 Å². The lowest BCUT2D eigenvalue weighted by molar-refractivity contribution is 0.531. The maximum absolute atomic E-state index is 4.28. The van der Waals surface area contributed by atoms with Gasteiger partial charge in [-0.05, 0) is 25.9 Å². The topological polar surface area (TPSA) is 41.9 Å². The van der Waals surface area contributed by atoms with Crippen molar-refractivity contribution in [2.24, 2.45) is 7.05 Å². The first-order valence-corrected chi connectivity index (χ1v) is 6.95. The van der Waals surface area contributed by atoms with E-state index < -0.39 is 0 Å². The molecule has 0 radical (unpaired) electrons. The third kappa shape index (κ3) is 3.72. The highest BCUT2D eigenvalue weighted by molar-refractivity contribution is 7.99. The molecule has 5 heteroatoms. The van der Waals surface area contributed by atoms with Gasteiger partial charge in [-0.1, -0.05) is 0 Å². The molecular formula is C11H20N4S. The van der Waals surface area contributed by atoms with Gasteiger partial charge in [-0.25, -0.2) is 0 Å². The first-order valence-electron chi connectivity index (χ1n) is 5.90. The van der Waals surface area contributed by atoms with Gasteiger partial charge in [0.2, 0.25) is 0 Å². The van der Waals surface area contributed by atoms with Crippen molar-refractivity contribution in [3.05, 3.63) is 12.3 Å². The van der Waals surface area contributed by atoms with Crippen LogP contribution < -0.4 is 10.6 Å². The van der Waals surface area contributed by atoms with E-state index in [9.17, 15) is 0 Å². The van der Waals surface area contributed by atoms with Gasteiger partial charge < -0.3 is 10.6 Å². The standard InChI is InChI=1S/C11H20N4S/c1-15-8-4-11(14-15)13-7-9-16-10-2-5-12-6-3-10/h4,8,10,12H,2-3,5-7,9H2,1H3,(H,13,14). The molecular weight excluding hydrogens is 220 g/mol. The van der Waals surface area contributed by atoms with Gasteiger partial charge in [0.05, 0.1) is 0 Å². The van der Waals surface area contributed by atoms with Crippen molar-refractivity contribution in [2.75, 3.05) is 30.7 Å². The van der Waals surface area contributed by atoms with E-state index in [0.29, 0.717) is 0 Å². The Morgan fingerprint density at radius 3 is 3.06 bits per heavy atom. The van der Waals surface area contributed by atoms with Crippen molar-refractivity contribution in [3.63, 3.8) is 0 Å². The minimum atomic E-state index is 0.854. The molecule has 1 fully saturated rings. The highest BCUT2D eigenvalue weighted by Gasteiger charge is 2.12. The molecule has 0 bridgehead atoms. The number of anilines is 1. The van der Waals surface area contributed by atoms with Gasteiger partial charge >= 0.3 is 0 Å². The Kier molecular flexibility index (Phi) is 4.54. The van der Waals surface area contributed by atoms with E-state index in [1.165, 1.54) is 31.7 Å². The third-order valence-corrected chi connectivity index (χ3v) is 4.14. The Hall–Kier alpha value is -0.680. The Balaban J connectivity index is 1.57. The van der Waals surface area contributed by atoms with Crippen LogP contribution in [-0.4, -0.2) is 40.4 Å². The molecule has 0 amide bonds. The van der Waals surface area contributed by atoms with Crippen molar-refractivity contribution in [1.82, 2.24) is 15.1 Å². The van der Waals surface area contributed by atoms with E-state index in [-0.39, 0.29) is 0 Å². The Morgan fingerprint density at radius 2 is 2.38 bits per heavy atom. The van der Waals surface area contributed by atoms with Crippen LogP contribution in [0.4, 0.5) is 5.82 Å². The van der Waals surface area contributed by atoms with Crippen molar-refractivity contribution >= 4 is 17.6 Å². The van der Waals surface area contributed by atoms with Crippen molar-refractivity contribution in [2.45, 2.75) is 18.1 Å². The molecule has 4 nitrogen and oxygen atoms in total. The maximum Gasteiger partial charge on any atom is 0.147 e. The van der Waals surface area contributed by atoms with Gasteiger partial charge in [-0.15, -0.1) is 0 Å². The van der Waals surface area contributed by atoms with E-state index >= 15 is 0 Å². The summed E-state index contributed by atoms with van der Waals surface area (Å²) in [4.78, 5) is 0. The van der Waals surface area contributed by atoms with Gasteiger partial charge in [-0.3, -0.25) is 4.68 Å². The average Bonchev–Trinajstić information content (AvgIpc) is 2.72. The first kappa shape index (κ1) is 11.8. The Morgan fingerprint density at radius 1 is 1.56 bits per heavy atom. The molecule has 0 aliphatic carbocycles. The van der Waals surface area contributed by atoms with E-state index in [0.717, 1.165) is 17.6 Å². The number of aryl methyl sites for hydroxylation is 1. The molecule has 16 heavy (non-hydrogen) atoms. The fourth-order valence-corrected chi connectivity index (χ4v) is 3.00. The number of hydrogen-bond acceptors (Lipinski definition) is 4. The molecule has 1 aliphatic heterocycles. The lowest BCUT2D eigenvalue weighted by Gasteiger charge is -2.21. The monoisotopic (exact) mass is 240 g/mol. The summed E-state index contributed by atoms with van der Waals surface area (Å²) in [5.41, 5.74) is 0. The second kappa shape index (κ2) is 6.15. The summed E-state index contributed by atoms with van der Waals surface area (Å²) in [6.07, 6.45) is 4.59. The number of nitrogens with one attached hydrogen (secondary N) is 2. The van der Waals surface area contributed by atoms with Crippen LogP contribution >= 0.6 is 11.8 Å². The Bertz CT molecular complexity index is 307. The van der Waals surface area contributed by atoms with E-state index in [4.69, 9.17) is 0 Å². The number of nitrogens with zero attached hydrogens (tertiary/aromatic N) is 2. The SMILES string of the molecule is Cn1ccc(NCCSC2CCNCC2)n1. The van der Waals surface area contributed by atoms with Crippen LogP contribution in [0.15, 0.2) is 12.3 Å². The lowest BCUT2D eigenvalue weighted by atomic mass is 10.2.